The Hall–Kier alpha value is -2.90. The van der Waals surface area contributed by atoms with E-state index >= 15 is 0 Å². The van der Waals surface area contributed by atoms with E-state index in [0.717, 1.165) is 42.2 Å². The molecule has 0 radical (unpaired) electrons. The highest BCUT2D eigenvalue weighted by atomic mass is 32.1. The molecule has 2 aromatic rings. The summed E-state index contributed by atoms with van der Waals surface area (Å²) in [7, 11) is 3.67. The molecule has 1 atom stereocenters. The minimum absolute atomic E-state index is 0.162. The number of likely N-dealkylation sites (tertiary alicyclic amines) is 1. The van der Waals surface area contributed by atoms with E-state index in [-0.39, 0.29) is 12.5 Å². The number of hydrogen-bond acceptors (Lipinski definition) is 6. The maximum Gasteiger partial charge on any atom is 0.405 e. The smallest absolute Gasteiger partial charge is 0.382 e. The molecule has 1 fully saturated rings. The number of amides is 1. The van der Waals surface area contributed by atoms with E-state index in [2.05, 4.69) is 39.7 Å². The number of benzene rings is 1. The highest BCUT2D eigenvalue weighted by Crippen LogP contribution is 2.39. The summed E-state index contributed by atoms with van der Waals surface area (Å²) in [4.78, 5) is 15.9. The number of nitrogens with zero attached hydrogens (tertiary/aromatic N) is 2. The van der Waals surface area contributed by atoms with Gasteiger partial charge in [-0.15, -0.1) is 11.3 Å². The monoisotopic (exact) mass is 505 g/mol. The number of nitrogens with one attached hydrogen (secondary N) is 3. The summed E-state index contributed by atoms with van der Waals surface area (Å²) < 4.78 is 40.3. The van der Waals surface area contributed by atoms with Gasteiger partial charge in [-0.25, -0.2) is 0 Å². The van der Waals surface area contributed by atoms with Crippen molar-refractivity contribution in [1.29, 1.82) is 0 Å². The van der Waals surface area contributed by atoms with Crippen LogP contribution in [0.5, 0.6) is 0 Å². The number of alkyl halides is 3. The minimum atomic E-state index is -4.33. The van der Waals surface area contributed by atoms with Gasteiger partial charge in [-0.2, -0.15) is 13.2 Å². The zero-order valence-corrected chi connectivity index (χ0v) is 20.7. The Kier molecular flexibility index (Phi) is 7.77. The van der Waals surface area contributed by atoms with E-state index in [1.807, 2.05) is 12.1 Å². The van der Waals surface area contributed by atoms with Crippen LogP contribution in [0.2, 0.25) is 0 Å². The Balaban J connectivity index is 1.46. The second kappa shape index (κ2) is 10.8. The highest BCUT2D eigenvalue weighted by molar-refractivity contribution is 7.17. The van der Waals surface area contributed by atoms with Gasteiger partial charge in [0.25, 0.3) is 5.91 Å². The summed E-state index contributed by atoms with van der Waals surface area (Å²) in [6.45, 7) is 1.25. The van der Waals surface area contributed by atoms with Gasteiger partial charge in [0.15, 0.2) is 0 Å². The van der Waals surface area contributed by atoms with Crippen molar-refractivity contribution in [3.05, 3.63) is 40.8 Å². The van der Waals surface area contributed by atoms with Crippen molar-refractivity contribution in [3.8, 4) is 11.8 Å². The van der Waals surface area contributed by atoms with Gasteiger partial charge in [0.05, 0.1) is 22.5 Å². The summed E-state index contributed by atoms with van der Waals surface area (Å²) >= 11 is 1.30. The van der Waals surface area contributed by atoms with E-state index in [4.69, 9.17) is 0 Å². The summed E-state index contributed by atoms with van der Waals surface area (Å²) in [5.74, 6) is 5.89. The first kappa shape index (κ1) is 25.2. The fourth-order valence-electron chi connectivity index (χ4n) is 4.53. The van der Waals surface area contributed by atoms with Crippen LogP contribution in [-0.2, 0) is 6.42 Å². The van der Waals surface area contributed by atoms with Crippen LogP contribution in [0.1, 0.15) is 28.1 Å². The lowest BCUT2D eigenvalue weighted by Gasteiger charge is -2.30. The molecule has 2 aliphatic rings. The molecular weight excluding hydrogens is 475 g/mol. The average molecular weight is 506 g/mol. The average Bonchev–Trinajstić information content (AvgIpc) is 3.42. The molecule has 0 bridgehead atoms. The maximum atomic E-state index is 13.4. The van der Waals surface area contributed by atoms with E-state index < -0.39 is 18.8 Å². The van der Waals surface area contributed by atoms with Crippen molar-refractivity contribution in [3.63, 3.8) is 0 Å². The zero-order valence-electron chi connectivity index (χ0n) is 19.8. The largest absolute Gasteiger partial charge is 0.405 e. The normalized spacial score (nSPS) is 18.5. The van der Waals surface area contributed by atoms with Gasteiger partial charge >= 0.3 is 6.18 Å². The third-order valence-corrected chi connectivity index (χ3v) is 7.38. The fraction of sp³-hybridized carbons (Fsp3) is 0.480. The molecule has 0 saturated carbocycles. The molecule has 10 heteroatoms. The molecule has 1 saturated heterocycles. The summed E-state index contributed by atoms with van der Waals surface area (Å²) in [6, 6.07) is 8.80. The molecule has 2 aliphatic heterocycles. The molecule has 0 aliphatic carbocycles. The van der Waals surface area contributed by atoms with Crippen molar-refractivity contribution in [2.75, 3.05) is 55.8 Å². The number of rotatable bonds is 6. The Morgan fingerprint density at radius 2 is 1.97 bits per heavy atom. The topological polar surface area (TPSA) is 59.6 Å². The number of piperidine rings is 1. The molecular formula is C25H30F3N5OS. The lowest BCUT2D eigenvalue weighted by Crippen LogP contribution is -2.39. The van der Waals surface area contributed by atoms with Crippen LogP contribution in [0.4, 0.5) is 29.5 Å². The van der Waals surface area contributed by atoms with E-state index in [1.54, 1.807) is 25.2 Å². The maximum absolute atomic E-state index is 13.4. The number of carbonyl (C=O) groups excluding carboxylic acids is 1. The molecule has 3 N–H and O–H groups in total. The van der Waals surface area contributed by atoms with Crippen LogP contribution >= 0.6 is 11.3 Å². The van der Waals surface area contributed by atoms with Crippen molar-refractivity contribution < 1.29 is 18.0 Å². The lowest BCUT2D eigenvalue weighted by molar-refractivity contribution is -0.120. The van der Waals surface area contributed by atoms with Crippen LogP contribution in [0, 0.1) is 11.8 Å². The first-order chi connectivity index (χ1) is 16.7. The second-order valence-electron chi connectivity index (χ2n) is 8.91. The van der Waals surface area contributed by atoms with Crippen molar-refractivity contribution in [1.82, 2.24) is 10.2 Å². The lowest BCUT2D eigenvalue weighted by atomic mass is 10.0. The molecule has 1 aromatic heterocycles. The van der Waals surface area contributed by atoms with Gasteiger partial charge in [0, 0.05) is 36.4 Å². The van der Waals surface area contributed by atoms with Crippen LogP contribution in [0.15, 0.2) is 30.3 Å². The molecule has 4 rings (SSSR count). The quantitative estimate of drug-likeness (QED) is 0.518. The van der Waals surface area contributed by atoms with Crippen molar-refractivity contribution in [2.24, 2.45) is 0 Å². The Bertz CT molecular complexity index is 1100. The standard InChI is InChI=1S/C25H30F3N5OS/c1-29-24(34)22-8-9-23(35-22)30-12-4-5-18-15-19-20(31-17-10-13-32(2)14-11-17)6-3-7-21(19)33(18)16-25(26,27)28/h3,6-9,17-18,30-31H,10-16H2,1-2H3,(H,29,34). The fourth-order valence-corrected chi connectivity index (χ4v) is 5.38. The molecule has 1 unspecified atom stereocenters. The number of fused-ring (bicyclic) bond motifs is 1. The minimum Gasteiger partial charge on any atom is -0.382 e. The number of carbonyl (C=O) groups is 1. The predicted octanol–water partition coefficient (Wildman–Crippen LogP) is 4.02. The zero-order chi connectivity index (χ0) is 25.0. The Labute approximate surface area is 207 Å². The molecule has 188 valence electrons. The summed E-state index contributed by atoms with van der Waals surface area (Å²) in [5, 5.41) is 10.1. The first-order valence-corrected chi connectivity index (χ1v) is 12.5. The van der Waals surface area contributed by atoms with Gasteiger partial charge in [-0.3, -0.25) is 4.79 Å². The van der Waals surface area contributed by atoms with Gasteiger partial charge in [0.2, 0.25) is 0 Å². The van der Waals surface area contributed by atoms with Crippen molar-refractivity contribution >= 4 is 33.6 Å². The number of thiophene rings is 1. The predicted molar refractivity (Wildman–Crippen MR) is 135 cm³/mol. The molecule has 35 heavy (non-hydrogen) atoms. The van der Waals surface area contributed by atoms with E-state index in [0.29, 0.717) is 23.0 Å². The van der Waals surface area contributed by atoms with Gasteiger partial charge < -0.3 is 25.8 Å². The second-order valence-corrected chi connectivity index (χ2v) is 9.99. The molecule has 1 aromatic carbocycles. The van der Waals surface area contributed by atoms with Gasteiger partial charge in [-0.05, 0) is 57.2 Å². The molecule has 0 spiro atoms. The van der Waals surface area contributed by atoms with E-state index in [9.17, 15) is 18.0 Å². The number of anilines is 3. The van der Waals surface area contributed by atoms with Gasteiger partial charge in [0.1, 0.15) is 6.54 Å². The van der Waals surface area contributed by atoms with E-state index in [1.165, 1.54) is 16.2 Å². The van der Waals surface area contributed by atoms with Crippen LogP contribution in [0.3, 0.4) is 0 Å². The Morgan fingerprint density at radius 3 is 2.69 bits per heavy atom. The third kappa shape index (κ3) is 6.41. The molecule has 6 nitrogen and oxygen atoms in total. The summed E-state index contributed by atoms with van der Waals surface area (Å²) in [5.41, 5.74) is 2.41. The van der Waals surface area contributed by atoms with Crippen LogP contribution < -0.4 is 20.9 Å². The number of hydrogen-bond donors (Lipinski definition) is 3. The summed E-state index contributed by atoms with van der Waals surface area (Å²) in [6.07, 6.45) is -1.88. The molecule has 1 amide bonds. The van der Waals surface area contributed by atoms with Crippen molar-refractivity contribution in [2.45, 2.75) is 37.5 Å². The third-order valence-electron chi connectivity index (χ3n) is 6.34. The van der Waals surface area contributed by atoms with Gasteiger partial charge in [-0.1, -0.05) is 17.9 Å². The van der Waals surface area contributed by atoms with Crippen LogP contribution in [-0.4, -0.2) is 69.3 Å². The van der Waals surface area contributed by atoms with Crippen LogP contribution in [0.25, 0.3) is 0 Å². The molecule has 3 heterocycles. The Morgan fingerprint density at radius 1 is 1.20 bits per heavy atom. The first-order valence-electron chi connectivity index (χ1n) is 11.7. The SMILES string of the molecule is CNC(=O)c1ccc(NCC#CC2Cc3c(NC4CCN(C)CC4)cccc3N2CC(F)(F)F)s1. The number of halogens is 3. The highest BCUT2D eigenvalue weighted by Gasteiger charge is 2.38.